The molecule has 2 N–H and O–H groups in total. The minimum Gasteiger partial charge on any atom is -0.481 e. The zero-order valence-electron chi connectivity index (χ0n) is 20.9. The van der Waals surface area contributed by atoms with Crippen molar-refractivity contribution < 1.29 is 19.5 Å². The van der Waals surface area contributed by atoms with Gasteiger partial charge in [-0.05, 0) is 61.6 Å². The van der Waals surface area contributed by atoms with Crippen molar-refractivity contribution in [2.24, 2.45) is 10.8 Å². The summed E-state index contributed by atoms with van der Waals surface area (Å²) in [6.45, 7) is 12.8. The Bertz CT molecular complexity index is 1250. The number of anilines is 1. The number of aliphatic carboxylic acids is 1. The number of carboxylic acid groups (broad SMARTS) is 1. The van der Waals surface area contributed by atoms with E-state index in [1.807, 2.05) is 32.9 Å². The fourth-order valence-corrected chi connectivity index (χ4v) is 3.86. The van der Waals surface area contributed by atoms with Crippen molar-refractivity contribution in [1.29, 1.82) is 0 Å². The van der Waals surface area contributed by atoms with Crippen LogP contribution in [0.5, 0.6) is 0 Å². The minimum atomic E-state index is -1.20. The second-order valence-electron chi connectivity index (χ2n) is 10.7. The highest BCUT2D eigenvalue weighted by Crippen LogP contribution is 2.36. The van der Waals surface area contributed by atoms with E-state index in [4.69, 9.17) is 0 Å². The number of nitrogens with zero attached hydrogens (tertiary/aromatic N) is 2. The van der Waals surface area contributed by atoms with Gasteiger partial charge in [-0.2, -0.15) is 0 Å². The van der Waals surface area contributed by atoms with Gasteiger partial charge in [-0.1, -0.05) is 40.7 Å². The predicted octanol–water partition coefficient (Wildman–Crippen LogP) is 5.59. The number of carboxylic acids is 1. The maximum absolute atomic E-state index is 13.7. The van der Waals surface area contributed by atoms with E-state index in [1.54, 1.807) is 48.8 Å². The average molecular weight is 464 g/mol. The molecule has 3 heterocycles. The van der Waals surface area contributed by atoms with Crippen molar-refractivity contribution in [3.8, 4) is 0 Å². The predicted molar refractivity (Wildman–Crippen MR) is 133 cm³/mol. The highest BCUT2D eigenvalue weighted by molar-refractivity contribution is 6.13. The van der Waals surface area contributed by atoms with E-state index in [-0.39, 0.29) is 23.8 Å². The van der Waals surface area contributed by atoms with Crippen LogP contribution in [0.1, 0.15) is 86.4 Å². The maximum Gasteiger partial charge on any atom is 0.309 e. The number of rotatable bonds is 7. The average Bonchev–Trinajstić information content (AvgIpc) is 3.05. The SMILES string of the molecule is CC(C)c1ccn2c(C(=O)Nc3ccccn3)c(CC(C)(C)C(=O)O)c(C(=O)C(C)(C)C)c2c1. The first-order chi connectivity index (χ1) is 15.7. The first-order valence-electron chi connectivity index (χ1n) is 11.4. The van der Waals surface area contributed by atoms with Crippen LogP contribution in [0.25, 0.3) is 5.52 Å². The Labute approximate surface area is 200 Å². The van der Waals surface area contributed by atoms with Gasteiger partial charge in [-0.15, -0.1) is 0 Å². The molecule has 0 fully saturated rings. The van der Waals surface area contributed by atoms with Gasteiger partial charge in [0.1, 0.15) is 11.5 Å². The number of hydrogen-bond donors (Lipinski definition) is 2. The van der Waals surface area contributed by atoms with E-state index >= 15 is 0 Å². The molecule has 0 aliphatic carbocycles. The van der Waals surface area contributed by atoms with Crippen LogP contribution in [-0.2, 0) is 11.2 Å². The summed E-state index contributed by atoms with van der Waals surface area (Å²) in [6, 6.07) is 9.03. The lowest BCUT2D eigenvalue weighted by molar-refractivity contribution is -0.146. The molecular weight excluding hydrogens is 430 g/mol. The van der Waals surface area contributed by atoms with Crippen LogP contribution in [-0.4, -0.2) is 32.2 Å². The molecular formula is C27H33N3O4. The summed E-state index contributed by atoms with van der Waals surface area (Å²) < 4.78 is 1.70. The van der Waals surface area contributed by atoms with Gasteiger partial charge in [0, 0.05) is 23.4 Å². The number of pyridine rings is 2. The van der Waals surface area contributed by atoms with Gasteiger partial charge in [0.2, 0.25) is 0 Å². The first kappa shape index (κ1) is 25.1. The van der Waals surface area contributed by atoms with Gasteiger partial charge in [0.15, 0.2) is 5.78 Å². The molecule has 180 valence electrons. The molecule has 0 radical (unpaired) electrons. The number of hydrogen-bond acceptors (Lipinski definition) is 4. The molecule has 0 bridgehead atoms. The molecule has 0 saturated heterocycles. The highest BCUT2D eigenvalue weighted by Gasteiger charge is 2.37. The van der Waals surface area contributed by atoms with Gasteiger partial charge in [0.25, 0.3) is 5.91 Å². The van der Waals surface area contributed by atoms with Gasteiger partial charge in [-0.3, -0.25) is 14.4 Å². The van der Waals surface area contributed by atoms with Crippen LogP contribution in [0.4, 0.5) is 5.82 Å². The zero-order chi connectivity index (χ0) is 25.4. The summed E-state index contributed by atoms with van der Waals surface area (Å²) in [7, 11) is 0. The van der Waals surface area contributed by atoms with E-state index in [2.05, 4.69) is 24.1 Å². The van der Waals surface area contributed by atoms with E-state index in [0.717, 1.165) is 5.56 Å². The molecule has 34 heavy (non-hydrogen) atoms. The van der Waals surface area contributed by atoms with Crippen molar-refractivity contribution >= 4 is 29.0 Å². The molecule has 3 aromatic rings. The lowest BCUT2D eigenvalue weighted by atomic mass is 9.79. The second-order valence-corrected chi connectivity index (χ2v) is 10.7. The fraction of sp³-hybridized carbons (Fsp3) is 0.407. The summed E-state index contributed by atoms with van der Waals surface area (Å²) in [6.07, 6.45) is 3.38. The Morgan fingerprint density at radius 2 is 1.76 bits per heavy atom. The Kier molecular flexibility index (Phi) is 6.69. The monoisotopic (exact) mass is 463 g/mol. The Balaban J connectivity index is 2.37. The molecule has 0 aromatic carbocycles. The lowest BCUT2D eigenvalue weighted by Crippen LogP contribution is -2.29. The van der Waals surface area contributed by atoms with Gasteiger partial charge in [-0.25, -0.2) is 4.98 Å². The van der Waals surface area contributed by atoms with Gasteiger partial charge in [0.05, 0.1) is 10.9 Å². The van der Waals surface area contributed by atoms with Crippen LogP contribution in [0, 0.1) is 10.8 Å². The Morgan fingerprint density at radius 3 is 2.29 bits per heavy atom. The number of carbonyl (C=O) groups is 3. The molecule has 3 aromatic heterocycles. The number of Topliss-reactive ketones (excluding diaryl/α,β-unsaturated/α-hetero) is 1. The number of ketones is 1. The Hall–Kier alpha value is -3.48. The quantitative estimate of drug-likeness (QED) is 0.445. The minimum absolute atomic E-state index is 0.0170. The number of nitrogens with one attached hydrogen (secondary N) is 1. The largest absolute Gasteiger partial charge is 0.481 e. The molecule has 0 spiro atoms. The number of carbonyl (C=O) groups excluding carboxylic acids is 2. The molecule has 0 atom stereocenters. The molecule has 3 rings (SSSR count). The van der Waals surface area contributed by atoms with Crippen LogP contribution in [0.15, 0.2) is 42.7 Å². The number of amides is 1. The third-order valence-corrected chi connectivity index (χ3v) is 5.96. The molecule has 0 aliphatic heterocycles. The van der Waals surface area contributed by atoms with Gasteiger partial charge >= 0.3 is 5.97 Å². The molecule has 1 amide bonds. The molecule has 0 aliphatic rings. The third kappa shape index (κ3) is 4.88. The van der Waals surface area contributed by atoms with Gasteiger partial charge < -0.3 is 14.8 Å². The Morgan fingerprint density at radius 1 is 1.09 bits per heavy atom. The fourth-order valence-electron chi connectivity index (χ4n) is 3.86. The van der Waals surface area contributed by atoms with Crippen LogP contribution < -0.4 is 5.32 Å². The standard InChI is InChI=1S/C27H33N3O4/c1-16(2)17-11-13-30-19(14-17)21(23(31)26(3,4)5)18(15-27(6,7)25(33)34)22(30)24(32)29-20-10-8-9-12-28-20/h8-14,16H,15H2,1-7H3,(H,33,34)(H,28,29,32). The highest BCUT2D eigenvalue weighted by atomic mass is 16.4. The van der Waals surface area contributed by atoms with E-state index < -0.39 is 22.7 Å². The van der Waals surface area contributed by atoms with Crippen LogP contribution in [0.2, 0.25) is 0 Å². The normalized spacial score (nSPS) is 12.2. The molecule has 7 heteroatoms. The summed E-state index contributed by atoms with van der Waals surface area (Å²) >= 11 is 0. The van der Waals surface area contributed by atoms with Crippen molar-refractivity contribution in [3.63, 3.8) is 0 Å². The number of aromatic nitrogens is 2. The van der Waals surface area contributed by atoms with Crippen LogP contribution in [0.3, 0.4) is 0 Å². The number of fused-ring (bicyclic) bond motifs is 1. The van der Waals surface area contributed by atoms with Crippen molar-refractivity contribution in [2.75, 3.05) is 5.32 Å². The van der Waals surface area contributed by atoms with Crippen molar-refractivity contribution in [3.05, 3.63) is 65.1 Å². The lowest BCUT2D eigenvalue weighted by Gasteiger charge is -2.22. The topological polar surface area (TPSA) is 101 Å². The summed E-state index contributed by atoms with van der Waals surface area (Å²) in [5, 5.41) is 12.7. The molecule has 7 nitrogen and oxygen atoms in total. The zero-order valence-corrected chi connectivity index (χ0v) is 20.9. The molecule has 0 unspecified atom stereocenters. The maximum atomic E-state index is 13.7. The smallest absolute Gasteiger partial charge is 0.309 e. The molecule has 0 saturated carbocycles. The van der Waals surface area contributed by atoms with E-state index in [1.165, 1.54) is 0 Å². The third-order valence-electron chi connectivity index (χ3n) is 5.96. The van der Waals surface area contributed by atoms with Crippen molar-refractivity contribution in [2.45, 2.75) is 60.8 Å². The van der Waals surface area contributed by atoms with E-state index in [9.17, 15) is 19.5 Å². The summed E-state index contributed by atoms with van der Waals surface area (Å²) in [5.74, 6) is -1.01. The van der Waals surface area contributed by atoms with Crippen molar-refractivity contribution in [1.82, 2.24) is 9.38 Å². The van der Waals surface area contributed by atoms with E-state index in [0.29, 0.717) is 22.5 Å². The summed E-state index contributed by atoms with van der Waals surface area (Å²) in [4.78, 5) is 43.5. The second kappa shape index (κ2) is 9.05. The van der Waals surface area contributed by atoms with Crippen LogP contribution >= 0.6 is 0 Å². The first-order valence-corrected chi connectivity index (χ1v) is 11.4. The summed E-state index contributed by atoms with van der Waals surface area (Å²) in [5.41, 5.74) is 0.780.